The van der Waals surface area contributed by atoms with Gasteiger partial charge in [-0.1, -0.05) is 12.1 Å². The summed E-state index contributed by atoms with van der Waals surface area (Å²) in [5, 5.41) is 3.04. The van der Waals surface area contributed by atoms with Crippen LogP contribution in [0.1, 0.15) is 11.6 Å². The molecule has 1 atom stereocenters. The number of ether oxygens (including phenoxy) is 2. The van der Waals surface area contributed by atoms with Crippen molar-refractivity contribution < 1.29 is 13.9 Å². The molecule has 0 aromatic heterocycles. The van der Waals surface area contributed by atoms with Crippen LogP contribution < -0.4 is 20.5 Å². The Morgan fingerprint density at radius 1 is 1.15 bits per heavy atom. The Morgan fingerprint density at radius 3 is 2.37 bits per heavy atom. The fourth-order valence-corrected chi connectivity index (χ4v) is 2.53. The van der Waals surface area contributed by atoms with E-state index >= 15 is 0 Å². The van der Waals surface area contributed by atoms with Gasteiger partial charge in [-0.05, 0) is 43.9 Å². The van der Waals surface area contributed by atoms with E-state index in [0.29, 0.717) is 23.7 Å². The van der Waals surface area contributed by atoms with E-state index in [9.17, 15) is 4.39 Å². The third kappa shape index (κ3) is 6.55. The Balaban J connectivity index is 0.00000364. The van der Waals surface area contributed by atoms with E-state index in [1.807, 2.05) is 19.0 Å². The SMILES string of the molecule is COc1ccc(OC)c(NC(N)=NCC(c2ccc(F)cc2)N(C)C)c1.I. The fraction of sp³-hybridized carbons (Fsp3) is 0.316. The van der Waals surface area contributed by atoms with Crippen molar-refractivity contribution in [2.75, 3.05) is 40.2 Å². The zero-order valence-electron chi connectivity index (χ0n) is 15.9. The lowest BCUT2D eigenvalue weighted by Gasteiger charge is -2.23. The summed E-state index contributed by atoms with van der Waals surface area (Å²) in [5.41, 5.74) is 7.66. The van der Waals surface area contributed by atoms with Gasteiger partial charge in [0.1, 0.15) is 17.3 Å². The van der Waals surface area contributed by atoms with Gasteiger partial charge in [-0.3, -0.25) is 4.99 Å². The quantitative estimate of drug-likeness (QED) is 0.355. The van der Waals surface area contributed by atoms with Gasteiger partial charge in [0.15, 0.2) is 5.96 Å². The van der Waals surface area contributed by atoms with Crippen molar-refractivity contribution in [1.82, 2.24) is 4.90 Å². The first-order valence-corrected chi connectivity index (χ1v) is 8.15. The standard InChI is InChI=1S/C19H25FN4O2.HI/c1-24(2)17(13-5-7-14(20)8-6-13)12-22-19(21)23-16-11-15(25-3)9-10-18(16)26-4;/h5-11,17H,12H2,1-4H3,(H3,21,22,23);1H. The van der Waals surface area contributed by atoms with Crippen LogP contribution in [0.5, 0.6) is 11.5 Å². The third-order valence-corrected chi connectivity index (χ3v) is 3.98. The van der Waals surface area contributed by atoms with Crippen LogP contribution in [0.4, 0.5) is 10.1 Å². The zero-order chi connectivity index (χ0) is 19.1. The molecule has 0 aliphatic carbocycles. The second kappa shape index (κ2) is 10.9. The summed E-state index contributed by atoms with van der Waals surface area (Å²) in [4.78, 5) is 6.43. The Hall–Kier alpha value is -2.07. The predicted octanol–water partition coefficient (Wildman–Crippen LogP) is 3.49. The summed E-state index contributed by atoms with van der Waals surface area (Å²) in [7, 11) is 7.06. The van der Waals surface area contributed by atoms with Crippen molar-refractivity contribution in [3.63, 3.8) is 0 Å². The van der Waals surface area contributed by atoms with E-state index < -0.39 is 0 Å². The lowest BCUT2D eigenvalue weighted by Crippen LogP contribution is -2.27. The van der Waals surface area contributed by atoms with Crippen LogP contribution in [0.2, 0.25) is 0 Å². The average Bonchev–Trinajstić information content (AvgIpc) is 2.63. The van der Waals surface area contributed by atoms with Crippen LogP contribution >= 0.6 is 24.0 Å². The molecule has 2 rings (SSSR count). The number of nitrogens with two attached hydrogens (primary N) is 1. The van der Waals surface area contributed by atoms with Gasteiger partial charge in [-0.15, -0.1) is 24.0 Å². The largest absolute Gasteiger partial charge is 0.497 e. The number of hydrogen-bond donors (Lipinski definition) is 2. The minimum Gasteiger partial charge on any atom is -0.497 e. The van der Waals surface area contributed by atoms with E-state index in [2.05, 4.69) is 10.3 Å². The van der Waals surface area contributed by atoms with Crippen molar-refractivity contribution in [3.8, 4) is 11.5 Å². The lowest BCUT2D eigenvalue weighted by atomic mass is 10.1. The van der Waals surface area contributed by atoms with Gasteiger partial charge in [-0.25, -0.2) is 4.39 Å². The molecule has 148 valence electrons. The maximum Gasteiger partial charge on any atom is 0.193 e. The molecule has 0 spiro atoms. The monoisotopic (exact) mass is 488 g/mol. The van der Waals surface area contributed by atoms with Gasteiger partial charge in [-0.2, -0.15) is 0 Å². The van der Waals surface area contributed by atoms with Gasteiger partial charge < -0.3 is 25.4 Å². The highest BCUT2D eigenvalue weighted by atomic mass is 127. The fourth-order valence-electron chi connectivity index (χ4n) is 2.53. The van der Waals surface area contributed by atoms with Crippen molar-refractivity contribution in [3.05, 3.63) is 53.8 Å². The Morgan fingerprint density at radius 2 is 1.81 bits per heavy atom. The molecule has 0 saturated heterocycles. The summed E-state index contributed by atoms with van der Waals surface area (Å²) in [6, 6.07) is 11.7. The number of methoxy groups -OCH3 is 2. The second-order valence-corrected chi connectivity index (χ2v) is 5.95. The molecule has 3 N–H and O–H groups in total. The molecule has 0 radical (unpaired) electrons. The molecule has 0 saturated carbocycles. The molecular formula is C19H26FIN4O2. The minimum atomic E-state index is -0.263. The molecule has 0 heterocycles. The van der Waals surface area contributed by atoms with Gasteiger partial charge in [0.05, 0.1) is 32.5 Å². The van der Waals surface area contributed by atoms with Gasteiger partial charge >= 0.3 is 0 Å². The Labute approximate surface area is 176 Å². The summed E-state index contributed by atoms with van der Waals surface area (Å²) in [6.45, 7) is 0.420. The number of halogens is 2. The molecule has 8 heteroatoms. The average molecular weight is 488 g/mol. The smallest absolute Gasteiger partial charge is 0.193 e. The number of benzene rings is 2. The first kappa shape index (κ1) is 23.0. The number of aliphatic imine (C=N–C) groups is 1. The lowest BCUT2D eigenvalue weighted by molar-refractivity contribution is 0.306. The molecule has 2 aromatic carbocycles. The zero-order valence-corrected chi connectivity index (χ0v) is 18.2. The molecule has 0 aliphatic heterocycles. The second-order valence-electron chi connectivity index (χ2n) is 5.95. The molecule has 27 heavy (non-hydrogen) atoms. The number of likely N-dealkylation sites (N-methyl/N-ethyl adjacent to an activating group) is 1. The predicted molar refractivity (Wildman–Crippen MR) is 118 cm³/mol. The Bertz CT molecular complexity index is 754. The van der Waals surface area contributed by atoms with Gasteiger partial charge in [0.2, 0.25) is 0 Å². The molecular weight excluding hydrogens is 462 g/mol. The van der Waals surface area contributed by atoms with Gasteiger partial charge in [0, 0.05) is 6.07 Å². The maximum atomic E-state index is 13.1. The first-order valence-electron chi connectivity index (χ1n) is 8.15. The molecule has 2 aromatic rings. The molecule has 0 aliphatic rings. The first-order chi connectivity index (χ1) is 12.4. The normalized spacial score (nSPS) is 12.3. The molecule has 0 fully saturated rings. The molecule has 0 bridgehead atoms. The highest BCUT2D eigenvalue weighted by Crippen LogP contribution is 2.28. The third-order valence-electron chi connectivity index (χ3n) is 3.98. The van der Waals surface area contributed by atoms with Crippen molar-refractivity contribution >= 4 is 35.6 Å². The van der Waals surface area contributed by atoms with Crippen LogP contribution in [-0.4, -0.2) is 45.7 Å². The van der Waals surface area contributed by atoms with Crippen molar-refractivity contribution in [1.29, 1.82) is 0 Å². The summed E-state index contributed by atoms with van der Waals surface area (Å²) < 4.78 is 23.7. The van der Waals surface area contributed by atoms with E-state index in [0.717, 1.165) is 5.56 Å². The number of nitrogens with zero attached hydrogens (tertiary/aromatic N) is 2. The number of rotatable bonds is 7. The number of anilines is 1. The maximum absolute atomic E-state index is 13.1. The minimum absolute atomic E-state index is 0. The van der Waals surface area contributed by atoms with Crippen molar-refractivity contribution in [2.24, 2.45) is 10.7 Å². The van der Waals surface area contributed by atoms with E-state index in [1.54, 1.807) is 44.6 Å². The number of guanidine groups is 1. The molecule has 6 nitrogen and oxygen atoms in total. The van der Waals surface area contributed by atoms with Crippen LogP contribution in [0, 0.1) is 5.82 Å². The van der Waals surface area contributed by atoms with Crippen LogP contribution in [-0.2, 0) is 0 Å². The van der Waals surface area contributed by atoms with E-state index in [1.165, 1.54) is 12.1 Å². The Kier molecular flexibility index (Phi) is 9.30. The topological polar surface area (TPSA) is 72.1 Å². The van der Waals surface area contributed by atoms with Crippen molar-refractivity contribution in [2.45, 2.75) is 6.04 Å². The van der Waals surface area contributed by atoms with E-state index in [-0.39, 0.29) is 41.8 Å². The van der Waals surface area contributed by atoms with Crippen LogP contribution in [0.3, 0.4) is 0 Å². The summed E-state index contributed by atoms with van der Waals surface area (Å²) in [6.07, 6.45) is 0. The van der Waals surface area contributed by atoms with Gasteiger partial charge in [0.25, 0.3) is 0 Å². The summed E-state index contributed by atoms with van der Waals surface area (Å²) >= 11 is 0. The van der Waals surface area contributed by atoms with Crippen LogP contribution in [0.15, 0.2) is 47.5 Å². The van der Waals surface area contributed by atoms with Crippen LogP contribution in [0.25, 0.3) is 0 Å². The highest BCUT2D eigenvalue weighted by molar-refractivity contribution is 14.0. The number of nitrogens with one attached hydrogen (secondary N) is 1. The highest BCUT2D eigenvalue weighted by Gasteiger charge is 2.14. The summed E-state index contributed by atoms with van der Waals surface area (Å²) in [5.74, 6) is 1.30. The molecule has 0 amide bonds. The molecule has 1 unspecified atom stereocenters. The van der Waals surface area contributed by atoms with E-state index in [4.69, 9.17) is 15.2 Å². The number of hydrogen-bond acceptors (Lipinski definition) is 4.